The van der Waals surface area contributed by atoms with Gasteiger partial charge in [-0.25, -0.2) is 0 Å². The van der Waals surface area contributed by atoms with E-state index in [1.54, 1.807) is 0 Å². The minimum atomic E-state index is 0.218. The Morgan fingerprint density at radius 3 is 2.79 bits per heavy atom. The number of nitrogens with one attached hydrogen (secondary N) is 2. The van der Waals surface area contributed by atoms with E-state index in [0.29, 0.717) is 5.41 Å². The summed E-state index contributed by atoms with van der Waals surface area (Å²) in [6.07, 6.45) is 3.38. The molecular formula is C16H22N2O. The Morgan fingerprint density at radius 2 is 2.05 bits per heavy atom. The first-order chi connectivity index (χ1) is 9.12. The Morgan fingerprint density at radius 1 is 1.32 bits per heavy atom. The molecule has 1 aromatic carbocycles. The third kappa shape index (κ3) is 2.27. The highest BCUT2D eigenvalue weighted by Crippen LogP contribution is 2.58. The van der Waals surface area contributed by atoms with Crippen molar-refractivity contribution in [2.24, 2.45) is 11.3 Å². The molecule has 3 heteroatoms. The number of anilines is 1. The van der Waals surface area contributed by atoms with E-state index in [4.69, 9.17) is 0 Å². The predicted octanol–water partition coefficient (Wildman–Crippen LogP) is 2.63. The van der Waals surface area contributed by atoms with Crippen LogP contribution in [0.1, 0.15) is 30.4 Å². The van der Waals surface area contributed by atoms with E-state index in [1.807, 2.05) is 12.1 Å². The number of rotatable bonds is 2. The van der Waals surface area contributed by atoms with Gasteiger partial charge in [-0.1, -0.05) is 12.1 Å². The van der Waals surface area contributed by atoms with Crippen LogP contribution in [0.3, 0.4) is 0 Å². The summed E-state index contributed by atoms with van der Waals surface area (Å²) >= 11 is 0. The summed E-state index contributed by atoms with van der Waals surface area (Å²) < 4.78 is 0. The van der Waals surface area contributed by atoms with Crippen LogP contribution >= 0.6 is 0 Å². The third-order valence-corrected chi connectivity index (χ3v) is 4.97. The van der Waals surface area contributed by atoms with Crippen molar-refractivity contribution in [3.05, 3.63) is 29.3 Å². The molecule has 0 aromatic heterocycles. The maximum Gasteiger partial charge on any atom is 0.228 e. The lowest BCUT2D eigenvalue weighted by molar-refractivity contribution is -0.118. The lowest BCUT2D eigenvalue weighted by Crippen LogP contribution is -2.31. The largest absolute Gasteiger partial charge is 0.326 e. The van der Waals surface area contributed by atoms with Crippen LogP contribution in [0, 0.1) is 25.2 Å². The first-order valence-corrected chi connectivity index (χ1v) is 7.20. The van der Waals surface area contributed by atoms with Crippen molar-refractivity contribution in [3.8, 4) is 0 Å². The summed E-state index contributed by atoms with van der Waals surface area (Å²) in [5.74, 6) is 0.449. The Labute approximate surface area is 114 Å². The fraction of sp³-hybridized carbons (Fsp3) is 0.562. The maximum atomic E-state index is 12.4. The van der Waals surface area contributed by atoms with E-state index >= 15 is 0 Å². The molecule has 19 heavy (non-hydrogen) atoms. The number of carbonyl (C=O) groups excluding carboxylic acids is 1. The molecule has 1 atom stereocenters. The van der Waals surface area contributed by atoms with Crippen molar-refractivity contribution < 1.29 is 4.79 Å². The number of aryl methyl sites for hydroxylation is 1. The van der Waals surface area contributed by atoms with Crippen molar-refractivity contribution in [2.75, 3.05) is 18.4 Å². The highest BCUT2D eigenvalue weighted by atomic mass is 16.2. The van der Waals surface area contributed by atoms with E-state index < -0.39 is 0 Å². The summed E-state index contributed by atoms with van der Waals surface area (Å²) in [4.78, 5) is 12.4. The molecule has 0 radical (unpaired) electrons. The second-order valence-electron chi connectivity index (χ2n) is 6.11. The van der Waals surface area contributed by atoms with E-state index in [9.17, 15) is 4.79 Å². The summed E-state index contributed by atoms with van der Waals surface area (Å²) in [6.45, 7) is 6.27. The van der Waals surface area contributed by atoms with Crippen LogP contribution in [0.2, 0.25) is 0 Å². The molecule has 1 aliphatic carbocycles. The van der Waals surface area contributed by atoms with Gasteiger partial charge in [-0.15, -0.1) is 0 Å². The summed E-state index contributed by atoms with van der Waals surface area (Å²) in [7, 11) is 0. The third-order valence-electron chi connectivity index (χ3n) is 4.97. The Kier molecular flexibility index (Phi) is 3.09. The van der Waals surface area contributed by atoms with Crippen molar-refractivity contribution in [2.45, 2.75) is 33.1 Å². The number of hydrogen-bond donors (Lipinski definition) is 2. The van der Waals surface area contributed by atoms with Crippen molar-refractivity contribution in [1.82, 2.24) is 5.32 Å². The minimum Gasteiger partial charge on any atom is -0.326 e. The molecule has 1 unspecified atom stereocenters. The zero-order valence-corrected chi connectivity index (χ0v) is 11.8. The zero-order valence-electron chi connectivity index (χ0n) is 11.8. The summed E-state index contributed by atoms with van der Waals surface area (Å²) in [5, 5.41) is 6.50. The second-order valence-corrected chi connectivity index (χ2v) is 6.11. The van der Waals surface area contributed by atoms with Gasteiger partial charge in [0.2, 0.25) is 5.91 Å². The van der Waals surface area contributed by atoms with Crippen LogP contribution in [-0.2, 0) is 4.79 Å². The van der Waals surface area contributed by atoms with Crippen LogP contribution in [-0.4, -0.2) is 19.0 Å². The first kappa shape index (κ1) is 12.7. The fourth-order valence-electron chi connectivity index (χ4n) is 3.30. The van der Waals surface area contributed by atoms with Crippen LogP contribution in [0.5, 0.6) is 0 Å². The van der Waals surface area contributed by atoms with Gasteiger partial charge < -0.3 is 10.6 Å². The molecule has 102 valence electrons. The van der Waals surface area contributed by atoms with Gasteiger partial charge >= 0.3 is 0 Å². The lowest BCUT2D eigenvalue weighted by Gasteiger charge is -2.23. The summed E-state index contributed by atoms with van der Waals surface area (Å²) in [5.41, 5.74) is 3.69. The SMILES string of the molecule is Cc1cccc(NC(=O)C2CC23CCNCC3)c1C. The van der Waals surface area contributed by atoms with Gasteiger partial charge in [0.1, 0.15) is 0 Å². The molecule has 1 amide bonds. The lowest BCUT2D eigenvalue weighted by atomic mass is 9.91. The van der Waals surface area contributed by atoms with Gasteiger partial charge in [0.15, 0.2) is 0 Å². The quantitative estimate of drug-likeness (QED) is 0.856. The first-order valence-electron chi connectivity index (χ1n) is 7.20. The van der Waals surface area contributed by atoms with Gasteiger partial charge in [-0.05, 0) is 68.8 Å². The van der Waals surface area contributed by atoms with Crippen molar-refractivity contribution >= 4 is 11.6 Å². The molecule has 1 heterocycles. The van der Waals surface area contributed by atoms with E-state index in [0.717, 1.165) is 38.0 Å². The van der Waals surface area contributed by atoms with Crippen molar-refractivity contribution in [1.29, 1.82) is 0 Å². The van der Waals surface area contributed by atoms with Crippen LogP contribution < -0.4 is 10.6 Å². The van der Waals surface area contributed by atoms with Gasteiger partial charge in [0, 0.05) is 11.6 Å². The second kappa shape index (κ2) is 4.64. The van der Waals surface area contributed by atoms with E-state index in [2.05, 4.69) is 30.5 Å². The molecular weight excluding hydrogens is 236 g/mol. The molecule has 2 aliphatic rings. The fourth-order valence-corrected chi connectivity index (χ4v) is 3.30. The van der Waals surface area contributed by atoms with Gasteiger partial charge in [-0.2, -0.15) is 0 Å². The van der Waals surface area contributed by atoms with E-state index in [-0.39, 0.29) is 11.8 Å². The molecule has 1 aromatic rings. The number of piperidine rings is 1. The topological polar surface area (TPSA) is 41.1 Å². The predicted molar refractivity (Wildman–Crippen MR) is 77.2 cm³/mol. The molecule has 2 fully saturated rings. The van der Waals surface area contributed by atoms with E-state index in [1.165, 1.54) is 11.1 Å². The van der Waals surface area contributed by atoms with Crippen LogP contribution in [0.25, 0.3) is 0 Å². The average Bonchev–Trinajstić information content (AvgIpc) is 3.09. The van der Waals surface area contributed by atoms with Gasteiger partial charge in [0.25, 0.3) is 0 Å². The number of amides is 1. The average molecular weight is 258 g/mol. The normalized spacial score (nSPS) is 24.2. The molecule has 0 bridgehead atoms. The zero-order chi connectivity index (χ0) is 13.5. The smallest absolute Gasteiger partial charge is 0.228 e. The Balaban J connectivity index is 1.68. The molecule has 1 saturated carbocycles. The van der Waals surface area contributed by atoms with Crippen LogP contribution in [0.15, 0.2) is 18.2 Å². The maximum absolute atomic E-state index is 12.4. The van der Waals surface area contributed by atoms with Gasteiger partial charge in [-0.3, -0.25) is 4.79 Å². The monoisotopic (exact) mass is 258 g/mol. The molecule has 3 nitrogen and oxygen atoms in total. The molecule has 1 spiro atoms. The Bertz CT molecular complexity index is 503. The molecule has 1 saturated heterocycles. The highest BCUT2D eigenvalue weighted by molar-refractivity contribution is 5.95. The Hall–Kier alpha value is -1.35. The molecule has 3 rings (SSSR count). The van der Waals surface area contributed by atoms with Crippen LogP contribution in [0.4, 0.5) is 5.69 Å². The standard InChI is InChI=1S/C16H22N2O/c1-11-4-3-5-14(12(11)2)18-15(19)13-10-16(13)6-8-17-9-7-16/h3-5,13,17H,6-10H2,1-2H3,(H,18,19). The molecule has 1 aliphatic heterocycles. The molecule has 2 N–H and O–H groups in total. The highest BCUT2D eigenvalue weighted by Gasteiger charge is 2.57. The minimum absolute atomic E-state index is 0.218. The van der Waals surface area contributed by atoms with Gasteiger partial charge in [0.05, 0.1) is 0 Å². The number of hydrogen-bond acceptors (Lipinski definition) is 2. The number of benzene rings is 1. The summed E-state index contributed by atoms with van der Waals surface area (Å²) in [6, 6.07) is 6.08. The van der Waals surface area contributed by atoms with Crippen molar-refractivity contribution in [3.63, 3.8) is 0 Å². The number of carbonyl (C=O) groups is 1.